The number of benzene rings is 2. The smallest absolute Gasteiger partial charge is 0.355 e. The van der Waals surface area contributed by atoms with Crippen LogP contribution in [0.1, 0.15) is 13.8 Å². The van der Waals surface area contributed by atoms with Gasteiger partial charge in [-0.25, -0.2) is 9.59 Å². The molecule has 0 N–H and O–H groups in total. The van der Waals surface area contributed by atoms with Crippen LogP contribution in [0.5, 0.6) is 0 Å². The van der Waals surface area contributed by atoms with E-state index in [1.807, 2.05) is 36.4 Å². The highest BCUT2D eigenvalue weighted by Crippen LogP contribution is 2.43. The Hall–Kier alpha value is -3.41. The third-order valence-electron chi connectivity index (χ3n) is 4.80. The molecular weight excluding hydrogens is 358 g/mol. The maximum atomic E-state index is 13.2. The molecule has 0 aliphatic carbocycles. The fourth-order valence-corrected chi connectivity index (χ4v) is 3.34. The lowest BCUT2D eigenvalue weighted by molar-refractivity contribution is -0.140. The van der Waals surface area contributed by atoms with Crippen molar-refractivity contribution in [2.45, 2.75) is 13.8 Å². The Morgan fingerprint density at radius 1 is 0.857 bits per heavy atom. The van der Waals surface area contributed by atoms with Crippen molar-refractivity contribution in [1.29, 1.82) is 0 Å². The van der Waals surface area contributed by atoms with E-state index in [-0.39, 0.29) is 11.3 Å². The Labute approximate surface area is 163 Å². The summed E-state index contributed by atoms with van der Waals surface area (Å²) < 4.78 is 9.71. The number of methoxy groups -OCH3 is 2. The molecular formula is C22H21NO5. The first-order chi connectivity index (χ1) is 13.3. The quantitative estimate of drug-likeness (QED) is 0.762. The Kier molecular flexibility index (Phi) is 5.05. The normalized spacial score (nSPS) is 15.6. The van der Waals surface area contributed by atoms with E-state index in [1.165, 1.54) is 19.1 Å². The summed E-state index contributed by atoms with van der Waals surface area (Å²) in [7, 11) is 2.42. The largest absolute Gasteiger partial charge is 0.466 e. The molecule has 144 valence electrons. The van der Waals surface area contributed by atoms with Crippen molar-refractivity contribution in [2.75, 3.05) is 19.1 Å². The van der Waals surface area contributed by atoms with Gasteiger partial charge in [0.15, 0.2) is 0 Å². The van der Waals surface area contributed by atoms with Crippen LogP contribution in [0.15, 0.2) is 65.9 Å². The second-order valence-electron chi connectivity index (χ2n) is 6.89. The first-order valence-electron chi connectivity index (χ1n) is 8.74. The van der Waals surface area contributed by atoms with Gasteiger partial charge >= 0.3 is 11.9 Å². The van der Waals surface area contributed by atoms with Crippen LogP contribution >= 0.6 is 0 Å². The molecule has 0 aromatic heterocycles. The van der Waals surface area contributed by atoms with Crippen molar-refractivity contribution in [3.05, 3.63) is 65.9 Å². The lowest BCUT2D eigenvalue weighted by Gasteiger charge is -2.22. The molecule has 6 nitrogen and oxygen atoms in total. The molecule has 0 unspecified atom stereocenters. The van der Waals surface area contributed by atoms with Gasteiger partial charge in [-0.15, -0.1) is 0 Å². The van der Waals surface area contributed by atoms with E-state index in [4.69, 9.17) is 9.47 Å². The first kappa shape index (κ1) is 19.4. The first-order valence-corrected chi connectivity index (χ1v) is 8.74. The van der Waals surface area contributed by atoms with Crippen LogP contribution in [0.4, 0.5) is 5.69 Å². The number of esters is 2. The summed E-state index contributed by atoms with van der Waals surface area (Å²) in [6, 6.07) is 16.9. The molecule has 0 spiro atoms. The molecule has 1 amide bonds. The predicted molar refractivity (Wildman–Crippen MR) is 104 cm³/mol. The molecule has 1 aliphatic rings. The Morgan fingerprint density at radius 3 is 2.07 bits per heavy atom. The second-order valence-corrected chi connectivity index (χ2v) is 6.89. The average Bonchev–Trinajstić information content (AvgIpc) is 2.93. The van der Waals surface area contributed by atoms with Crippen LogP contribution in [0, 0.1) is 5.41 Å². The standard InChI is InChI=1S/C22H21NO5/c1-22(2)17(19(24)27-3)18(20(25)28-4)23(21(22)26)16-12-8-11-15(13-16)14-9-6-5-7-10-14/h5-13H,1-4H3. The Bertz CT molecular complexity index is 975. The zero-order chi connectivity index (χ0) is 20.5. The molecule has 2 aromatic rings. The molecule has 2 aromatic carbocycles. The number of amides is 1. The topological polar surface area (TPSA) is 72.9 Å². The number of hydrogen-bond acceptors (Lipinski definition) is 5. The summed E-state index contributed by atoms with van der Waals surface area (Å²) in [5.74, 6) is -1.91. The molecule has 1 heterocycles. The SMILES string of the molecule is COC(=O)C1=C(C(=O)OC)C(C)(C)C(=O)N1c1cccc(-c2ccccc2)c1. The Balaban J connectivity index is 2.20. The molecule has 6 heteroatoms. The molecule has 0 bridgehead atoms. The third-order valence-corrected chi connectivity index (χ3v) is 4.80. The maximum absolute atomic E-state index is 13.2. The summed E-state index contributed by atoms with van der Waals surface area (Å²) in [6.07, 6.45) is 0. The molecule has 0 fully saturated rings. The zero-order valence-corrected chi connectivity index (χ0v) is 16.2. The van der Waals surface area contributed by atoms with E-state index in [0.717, 1.165) is 11.1 Å². The van der Waals surface area contributed by atoms with Crippen molar-refractivity contribution in [3.8, 4) is 11.1 Å². The minimum absolute atomic E-state index is 0.0167. The molecule has 28 heavy (non-hydrogen) atoms. The van der Waals surface area contributed by atoms with E-state index in [9.17, 15) is 14.4 Å². The van der Waals surface area contributed by atoms with E-state index < -0.39 is 23.3 Å². The summed E-state index contributed by atoms with van der Waals surface area (Å²) >= 11 is 0. The Morgan fingerprint density at radius 2 is 1.46 bits per heavy atom. The highest BCUT2D eigenvalue weighted by atomic mass is 16.5. The molecule has 3 rings (SSSR count). The van der Waals surface area contributed by atoms with Crippen LogP contribution in [-0.4, -0.2) is 32.1 Å². The lowest BCUT2D eigenvalue weighted by Crippen LogP contribution is -2.35. The minimum atomic E-state index is -1.24. The molecule has 0 radical (unpaired) electrons. The second kappa shape index (κ2) is 7.31. The monoisotopic (exact) mass is 379 g/mol. The summed E-state index contributed by atoms with van der Waals surface area (Å²) in [5.41, 5.74) is 0.941. The van der Waals surface area contributed by atoms with Crippen LogP contribution < -0.4 is 4.90 Å². The van der Waals surface area contributed by atoms with Crippen LogP contribution in [0.25, 0.3) is 11.1 Å². The van der Waals surface area contributed by atoms with E-state index in [1.54, 1.807) is 32.0 Å². The fourth-order valence-electron chi connectivity index (χ4n) is 3.34. The van der Waals surface area contributed by atoms with Gasteiger partial charge < -0.3 is 9.47 Å². The lowest BCUT2D eigenvalue weighted by atomic mass is 9.85. The number of rotatable bonds is 4. The van der Waals surface area contributed by atoms with Gasteiger partial charge in [0.1, 0.15) is 5.70 Å². The molecule has 0 saturated carbocycles. The number of anilines is 1. The van der Waals surface area contributed by atoms with Crippen molar-refractivity contribution in [2.24, 2.45) is 5.41 Å². The van der Waals surface area contributed by atoms with Crippen LogP contribution in [-0.2, 0) is 23.9 Å². The van der Waals surface area contributed by atoms with Gasteiger partial charge in [-0.2, -0.15) is 0 Å². The average molecular weight is 379 g/mol. The summed E-state index contributed by atoms with van der Waals surface area (Å²) in [4.78, 5) is 39.4. The van der Waals surface area contributed by atoms with Gasteiger partial charge in [-0.05, 0) is 37.1 Å². The van der Waals surface area contributed by atoms with Crippen molar-refractivity contribution >= 4 is 23.5 Å². The van der Waals surface area contributed by atoms with Gasteiger partial charge in [0.2, 0.25) is 5.91 Å². The van der Waals surface area contributed by atoms with Gasteiger partial charge in [-0.1, -0.05) is 42.5 Å². The number of nitrogens with zero attached hydrogens (tertiary/aromatic N) is 1. The number of carbonyl (C=O) groups is 3. The van der Waals surface area contributed by atoms with Gasteiger partial charge in [0.25, 0.3) is 0 Å². The van der Waals surface area contributed by atoms with Gasteiger partial charge in [-0.3, -0.25) is 9.69 Å². The van der Waals surface area contributed by atoms with Gasteiger partial charge in [0, 0.05) is 5.69 Å². The third kappa shape index (κ3) is 3.07. The summed E-state index contributed by atoms with van der Waals surface area (Å²) in [6.45, 7) is 3.18. The van der Waals surface area contributed by atoms with E-state index in [0.29, 0.717) is 5.69 Å². The molecule has 1 aliphatic heterocycles. The van der Waals surface area contributed by atoms with Crippen molar-refractivity contribution in [3.63, 3.8) is 0 Å². The van der Waals surface area contributed by atoms with E-state index in [2.05, 4.69) is 0 Å². The van der Waals surface area contributed by atoms with Gasteiger partial charge in [0.05, 0.1) is 25.2 Å². The van der Waals surface area contributed by atoms with Crippen molar-refractivity contribution < 1.29 is 23.9 Å². The van der Waals surface area contributed by atoms with Crippen molar-refractivity contribution in [1.82, 2.24) is 0 Å². The molecule has 0 atom stereocenters. The maximum Gasteiger partial charge on any atom is 0.355 e. The van der Waals surface area contributed by atoms with Crippen LogP contribution in [0.3, 0.4) is 0 Å². The fraction of sp³-hybridized carbons (Fsp3) is 0.227. The molecule has 0 saturated heterocycles. The van der Waals surface area contributed by atoms with Crippen LogP contribution in [0.2, 0.25) is 0 Å². The number of carbonyl (C=O) groups excluding carboxylic acids is 3. The zero-order valence-electron chi connectivity index (χ0n) is 16.2. The van der Waals surface area contributed by atoms with E-state index >= 15 is 0 Å². The highest BCUT2D eigenvalue weighted by Gasteiger charge is 2.52. The summed E-state index contributed by atoms with van der Waals surface area (Å²) in [5, 5.41) is 0. The number of hydrogen-bond donors (Lipinski definition) is 0. The number of ether oxygens (including phenoxy) is 2. The highest BCUT2D eigenvalue weighted by molar-refractivity contribution is 6.20. The minimum Gasteiger partial charge on any atom is -0.466 e. The predicted octanol–water partition coefficient (Wildman–Crippen LogP) is 3.33.